The summed E-state index contributed by atoms with van der Waals surface area (Å²) in [5.41, 5.74) is 2.14. The molecule has 3 rings (SSSR count). The molecule has 1 aromatic rings. The maximum absolute atomic E-state index is 12.8. The van der Waals surface area contributed by atoms with Gasteiger partial charge in [0.2, 0.25) is 5.91 Å². The first-order chi connectivity index (χ1) is 12.0. The number of amides is 1. The average molecular weight is 343 g/mol. The SMILES string of the molecule is Cc1[nH]c(=O)c(C#N)c(C)c1CCC(=O)N(C[C@H]1CCOC1)C1CC1. The van der Waals surface area contributed by atoms with E-state index < -0.39 is 0 Å². The monoisotopic (exact) mass is 343 g/mol. The molecule has 1 aromatic heterocycles. The summed E-state index contributed by atoms with van der Waals surface area (Å²) >= 11 is 0. The van der Waals surface area contributed by atoms with Crippen LogP contribution in [0.4, 0.5) is 0 Å². The Kier molecular flexibility index (Phi) is 5.24. The van der Waals surface area contributed by atoms with Crippen molar-refractivity contribution in [2.75, 3.05) is 19.8 Å². The van der Waals surface area contributed by atoms with E-state index in [4.69, 9.17) is 10.00 Å². The Morgan fingerprint density at radius 3 is 2.72 bits per heavy atom. The molecule has 134 valence electrons. The van der Waals surface area contributed by atoms with Gasteiger partial charge in [0.15, 0.2) is 0 Å². The molecule has 0 bridgehead atoms. The van der Waals surface area contributed by atoms with Crippen molar-refractivity contribution in [2.24, 2.45) is 5.92 Å². The van der Waals surface area contributed by atoms with E-state index in [2.05, 4.69) is 4.98 Å². The molecule has 0 radical (unpaired) electrons. The Morgan fingerprint density at radius 1 is 1.36 bits per heavy atom. The fourth-order valence-corrected chi connectivity index (χ4v) is 3.64. The fourth-order valence-electron chi connectivity index (χ4n) is 3.64. The van der Waals surface area contributed by atoms with Gasteiger partial charge in [-0.15, -0.1) is 0 Å². The molecule has 1 saturated carbocycles. The maximum Gasteiger partial charge on any atom is 0.266 e. The van der Waals surface area contributed by atoms with Crippen molar-refractivity contribution in [3.63, 3.8) is 0 Å². The van der Waals surface area contributed by atoms with Crippen molar-refractivity contribution in [3.05, 3.63) is 32.7 Å². The van der Waals surface area contributed by atoms with Gasteiger partial charge < -0.3 is 14.6 Å². The first-order valence-corrected chi connectivity index (χ1v) is 9.01. The molecule has 2 aliphatic rings. The van der Waals surface area contributed by atoms with Crippen LogP contribution < -0.4 is 5.56 Å². The van der Waals surface area contributed by atoms with E-state index in [0.717, 1.165) is 50.3 Å². The number of nitriles is 1. The standard InChI is InChI=1S/C19H25N3O3/c1-12-16(13(2)21-19(24)17(12)9-20)5-6-18(23)22(15-3-4-15)10-14-7-8-25-11-14/h14-15H,3-8,10-11H2,1-2H3,(H,21,24)/t14-/m1/s1. The number of ether oxygens (including phenoxy) is 1. The molecule has 0 aromatic carbocycles. The summed E-state index contributed by atoms with van der Waals surface area (Å²) in [6, 6.07) is 2.35. The van der Waals surface area contributed by atoms with Gasteiger partial charge in [-0.2, -0.15) is 5.26 Å². The van der Waals surface area contributed by atoms with E-state index in [9.17, 15) is 9.59 Å². The number of carbonyl (C=O) groups excluding carboxylic acids is 1. The molecule has 1 aliphatic carbocycles. The van der Waals surface area contributed by atoms with E-state index in [1.54, 1.807) is 6.92 Å². The first kappa shape index (κ1) is 17.7. The topological polar surface area (TPSA) is 86.2 Å². The van der Waals surface area contributed by atoms with Gasteiger partial charge in [0.1, 0.15) is 11.6 Å². The number of hydrogen-bond acceptors (Lipinski definition) is 4. The van der Waals surface area contributed by atoms with E-state index >= 15 is 0 Å². The molecule has 1 atom stereocenters. The van der Waals surface area contributed by atoms with Crippen LogP contribution in [-0.2, 0) is 16.0 Å². The lowest BCUT2D eigenvalue weighted by Crippen LogP contribution is -2.37. The van der Waals surface area contributed by atoms with Gasteiger partial charge in [0.05, 0.1) is 6.61 Å². The lowest BCUT2D eigenvalue weighted by molar-refractivity contribution is -0.132. The molecule has 1 amide bonds. The lowest BCUT2D eigenvalue weighted by atomic mass is 9.98. The van der Waals surface area contributed by atoms with Gasteiger partial charge in [0, 0.05) is 37.2 Å². The van der Waals surface area contributed by atoms with Crippen LogP contribution in [0.25, 0.3) is 0 Å². The predicted molar refractivity (Wildman–Crippen MR) is 93.2 cm³/mol. The summed E-state index contributed by atoms with van der Waals surface area (Å²) in [4.78, 5) is 29.3. The predicted octanol–water partition coefficient (Wildman–Crippen LogP) is 1.82. The third-order valence-corrected chi connectivity index (χ3v) is 5.30. The second kappa shape index (κ2) is 7.40. The molecule has 1 N–H and O–H groups in total. The Hall–Kier alpha value is -2.13. The Labute approximate surface area is 147 Å². The Bertz CT molecular complexity index is 752. The fraction of sp³-hybridized carbons (Fsp3) is 0.632. The molecule has 1 aliphatic heterocycles. The summed E-state index contributed by atoms with van der Waals surface area (Å²) in [7, 11) is 0. The normalized spacial score (nSPS) is 19.6. The highest BCUT2D eigenvalue weighted by molar-refractivity contribution is 5.77. The molecule has 0 spiro atoms. The first-order valence-electron chi connectivity index (χ1n) is 9.01. The number of aromatic nitrogens is 1. The summed E-state index contributed by atoms with van der Waals surface area (Å²) in [5, 5.41) is 9.16. The molecular formula is C19H25N3O3. The van der Waals surface area contributed by atoms with Crippen LogP contribution in [0.2, 0.25) is 0 Å². The van der Waals surface area contributed by atoms with Gasteiger partial charge in [0.25, 0.3) is 5.56 Å². The third kappa shape index (κ3) is 3.93. The van der Waals surface area contributed by atoms with Gasteiger partial charge in [-0.3, -0.25) is 9.59 Å². The zero-order valence-corrected chi connectivity index (χ0v) is 14.9. The second-order valence-corrected chi connectivity index (χ2v) is 7.18. The van der Waals surface area contributed by atoms with E-state index in [1.807, 2.05) is 17.9 Å². The zero-order chi connectivity index (χ0) is 18.0. The second-order valence-electron chi connectivity index (χ2n) is 7.18. The summed E-state index contributed by atoms with van der Waals surface area (Å²) in [6.45, 7) is 5.94. The van der Waals surface area contributed by atoms with Gasteiger partial charge in [-0.05, 0) is 50.7 Å². The summed E-state index contributed by atoms with van der Waals surface area (Å²) in [5.74, 6) is 0.615. The third-order valence-electron chi connectivity index (χ3n) is 5.30. The number of nitrogens with zero attached hydrogens (tertiary/aromatic N) is 2. The van der Waals surface area contributed by atoms with Crippen molar-refractivity contribution in [1.82, 2.24) is 9.88 Å². The van der Waals surface area contributed by atoms with Crippen LogP contribution in [0.3, 0.4) is 0 Å². The van der Waals surface area contributed by atoms with Crippen molar-refractivity contribution in [1.29, 1.82) is 5.26 Å². The van der Waals surface area contributed by atoms with Crippen molar-refractivity contribution in [3.8, 4) is 6.07 Å². The number of H-pyrrole nitrogens is 1. The number of aryl methyl sites for hydroxylation is 1. The Balaban J connectivity index is 1.69. The number of carbonyl (C=O) groups is 1. The van der Waals surface area contributed by atoms with Crippen LogP contribution >= 0.6 is 0 Å². The van der Waals surface area contributed by atoms with E-state index in [1.165, 1.54) is 0 Å². The Morgan fingerprint density at radius 2 is 2.12 bits per heavy atom. The average Bonchev–Trinajstić information content (AvgIpc) is 3.28. The molecule has 6 nitrogen and oxygen atoms in total. The maximum atomic E-state index is 12.8. The van der Waals surface area contributed by atoms with Crippen LogP contribution in [-0.4, -0.2) is 41.6 Å². The van der Waals surface area contributed by atoms with E-state index in [-0.39, 0.29) is 17.0 Å². The smallest absolute Gasteiger partial charge is 0.266 e. The zero-order valence-electron chi connectivity index (χ0n) is 14.9. The molecule has 2 fully saturated rings. The van der Waals surface area contributed by atoms with Crippen LogP contribution in [0.5, 0.6) is 0 Å². The molecule has 6 heteroatoms. The molecule has 25 heavy (non-hydrogen) atoms. The molecule has 1 saturated heterocycles. The number of nitrogens with one attached hydrogen (secondary N) is 1. The highest BCUT2D eigenvalue weighted by Crippen LogP contribution is 2.30. The molecule has 0 unspecified atom stereocenters. The summed E-state index contributed by atoms with van der Waals surface area (Å²) in [6.07, 6.45) is 4.17. The number of hydrogen-bond donors (Lipinski definition) is 1. The number of pyridine rings is 1. The quantitative estimate of drug-likeness (QED) is 0.854. The lowest BCUT2D eigenvalue weighted by Gasteiger charge is -2.25. The van der Waals surface area contributed by atoms with E-state index in [0.29, 0.717) is 30.4 Å². The molecule has 2 heterocycles. The highest BCUT2D eigenvalue weighted by Gasteiger charge is 2.34. The van der Waals surface area contributed by atoms with Crippen LogP contribution in [0, 0.1) is 31.1 Å². The minimum atomic E-state index is -0.353. The molecular weight excluding hydrogens is 318 g/mol. The highest BCUT2D eigenvalue weighted by atomic mass is 16.5. The van der Waals surface area contributed by atoms with Crippen LogP contribution in [0.1, 0.15) is 48.1 Å². The summed E-state index contributed by atoms with van der Waals surface area (Å²) < 4.78 is 5.43. The van der Waals surface area contributed by atoms with Gasteiger partial charge in [-0.1, -0.05) is 0 Å². The van der Waals surface area contributed by atoms with Gasteiger partial charge in [-0.25, -0.2) is 0 Å². The minimum absolute atomic E-state index is 0.148. The van der Waals surface area contributed by atoms with Crippen LogP contribution in [0.15, 0.2) is 4.79 Å². The van der Waals surface area contributed by atoms with Crippen molar-refractivity contribution in [2.45, 2.75) is 52.0 Å². The number of aromatic amines is 1. The number of rotatable bonds is 6. The van der Waals surface area contributed by atoms with Gasteiger partial charge >= 0.3 is 0 Å². The van der Waals surface area contributed by atoms with Crippen molar-refractivity contribution >= 4 is 5.91 Å². The largest absolute Gasteiger partial charge is 0.381 e. The minimum Gasteiger partial charge on any atom is -0.381 e. The van der Waals surface area contributed by atoms with Crippen molar-refractivity contribution < 1.29 is 9.53 Å².